The SMILES string of the molecule is C=CCCc1cc(F)c2c(F)c([C@@H]3CC[C@@H]4CC(CC)CCC4C3)c(F)cc2c1. The molecule has 0 aromatic heterocycles. The van der Waals surface area contributed by atoms with Crippen molar-refractivity contribution in [1.29, 1.82) is 0 Å². The number of fused-ring (bicyclic) bond motifs is 2. The zero-order valence-corrected chi connectivity index (χ0v) is 17.3. The van der Waals surface area contributed by atoms with Crippen LogP contribution in [0, 0.1) is 35.2 Å². The van der Waals surface area contributed by atoms with E-state index in [4.69, 9.17) is 0 Å². The molecule has 2 aliphatic carbocycles. The molecule has 2 fully saturated rings. The van der Waals surface area contributed by atoms with E-state index < -0.39 is 17.5 Å². The molecule has 2 unspecified atom stereocenters. The highest BCUT2D eigenvalue weighted by Crippen LogP contribution is 2.49. The topological polar surface area (TPSA) is 0 Å². The summed E-state index contributed by atoms with van der Waals surface area (Å²) >= 11 is 0. The standard InChI is InChI=1S/C26H31F3/c1-3-5-6-17-12-21-15-23(28)24(26(29)25(21)22(27)13-17)20-10-9-18-11-16(4-2)7-8-19(18)14-20/h3,12-13,15-16,18-20H,1,4-11,14H2,2H3/t16?,18-,19?,20-/m1/s1. The first-order chi connectivity index (χ1) is 14.0. The molecule has 2 aromatic carbocycles. The van der Waals surface area contributed by atoms with E-state index in [1.54, 1.807) is 12.1 Å². The van der Waals surface area contributed by atoms with E-state index in [0.29, 0.717) is 30.1 Å². The first-order valence-electron chi connectivity index (χ1n) is 11.2. The first-order valence-corrected chi connectivity index (χ1v) is 11.2. The smallest absolute Gasteiger partial charge is 0.140 e. The van der Waals surface area contributed by atoms with Gasteiger partial charge in [-0.25, -0.2) is 13.2 Å². The van der Waals surface area contributed by atoms with Gasteiger partial charge < -0.3 is 0 Å². The van der Waals surface area contributed by atoms with Crippen molar-refractivity contribution >= 4 is 10.8 Å². The summed E-state index contributed by atoms with van der Waals surface area (Å²) in [4.78, 5) is 0. The summed E-state index contributed by atoms with van der Waals surface area (Å²) in [7, 11) is 0. The fourth-order valence-corrected chi connectivity index (χ4v) is 5.89. The highest BCUT2D eigenvalue weighted by atomic mass is 19.1. The van der Waals surface area contributed by atoms with E-state index >= 15 is 8.78 Å². The Morgan fingerprint density at radius 3 is 2.48 bits per heavy atom. The number of aryl methyl sites for hydroxylation is 1. The van der Waals surface area contributed by atoms with Crippen molar-refractivity contribution in [3.63, 3.8) is 0 Å². The molecule has 3 heteroatoms. The van der Waals surface area contributed by atoms with Crippen LogP contribution in [-0.4, -0.2) is 0 Å². The summed E-state index contributed by atoms with van der Waals surface area (Å²) < 4.78 is 45.2. The molecule has 0 amide bonds. The van der Waals surface area contributed by atoms with E-state index in [9.17, 15) is 4.39 Å². The van der Waals surface area contributed by atoms with Crippen LogP contribution in [0.25, 0.3) is 10.8 Å². The highest BCUT2D eigenvalue weighted by Gasteiger charge is 2.37. The Morgan fingerprint density at radius 1 is 0.966 bits per heavy atom. The zero-order valence-electron chi connectivity index (χ0n) is 17.3. The average Bonchev–Trinajstić information content (AvgIpc) is 2.71. The zero-order chi connectivity index (χ0) is 20.5. The number of hydrogen-bond donors (Lipinski definition) is 0. The molecule has 2 saturated carbocycles. The van der Waals surface area contributed by atoms with Gasteiger partial charge in [0.2, 0.25) is 0 Å². The third-order valence-electron chi connectivity index (χ3n) is 7.52. The first kappa shape index (κ1) is 20.5. The molecule has 4 rings (SSSR count). The summed E-state index contributed by atoms with van der Waals surface area (Å²) in [5, 5.41) is 0.264. The van der Waals surface area contributed by atoms with Gasteiger partial charge in [-0.3, -0.25) is 0 Å². The summed E-state index contributed by atoms with van der Waals surface area (Å²) in [6, 6.07) is 4.44. The number of benzene rings is 2. The Kier molecular flexibility index (Phi) is 6.03. The molecule has 0 saturated heterocycles. The van der Waals surface area contributed by atoms with E-state index in [-0.39, 0.29) is 16.9 Å². The summed E-state index contributed by atoms with van der Waals surface area (Å²) in [6.07, 6.45) is 10.6. The lowest BCUT2D eigenvalue weighted by molar-refractivity contribution is 0.115. The molecule has 0 radical (unpaired) electrons. The molecule has 4 atom stereocenters. The van der Waals surface area contributed by atoms with Gasteiger partial charge >= 0.3 is 0 Å². The van der Waals surface area contributed by atoms with Gasteiger partial charge in [0.05, 0.1) is 5.39 Å². The van der Waals surface area contributed by atoms with Crippen LogP contribution >= 0.6 is 0 Å². The Morgan fingerprint density at radius 2 is 1.72 bits per heavy atom. The van der Waals surface area contributed by atoms with Crippen LogP contribution in [0.15, 0.2) is 30.9 Å². The van der Waals surface area contributed by atoms with Crippen molar-refractivity contribution in [2.24, 2.45) is 17.8 Å². The fourth-order valence-electron chi connectivity index (χ4n) is 5.89. The molecule has 2 aromatic rings. The molecule has 0 heterocycles. The summed E-state index contributed by atoms with van der Waals surface area (Å²) in [5.74, 6) is 0.139. The average molecular weight is 401 g/mol. The molecule has 2 aliphatic rings. The van der Waals surface area contributed by atoms with Crippen LogP contribution < -0.4 is 0 Å². The predicted octanol–water partition coefficient (Wildman–Crippen LogP) is 8.09. The predicted molar refractivity (Wildman–Crippen MR) is 114 cm³/mol. The maximum atomic E-state index is 15.4. The van der Waals surface area contributed by atoms with Crippen molar-refractivity contribution < 1.29 is 13.2 Å². The van der Waals surface area contributed by atoms with Crippen molar-refractivity contribution in [3.05, 3.63) is 59.4 Å². The lowest BCUT2D eigenvalue weighted by atomic mass is 9.63. The van der Waals surface area contributed by atoms with Crippen molar-refractivity contribution in [2.45, 2.75) is 70.6 Å². The molecular weight excluding hydrogens is 369 g/mol. The van der Waals surface area contributed by atoms with Crippen LogP contribution in [0.3, 0.4) is 0 Å². The van der Waals surface area contributed by atoms with Crippen LogP contribution in [0.2, 0.25) is 0 Å². The number of hydrogen-bond acceptors (Lipinski definition) is 0. The largest absolute Gasteiger partial charge is 0.207 e. The minimum Gasteiger partial charge on any atom is -0.207 e. The van der Waals surface area contributed by atoms with E-state index in [1.165, 1.54) is 31.4 Å². The second-order valence-electron chi connectivity index (χ2n) is 9.21. The minimum absolute atomic E-state index is 0.0550. The number of allylic oxidation sites excluding steroid dienone is 1. The van der Waals surface area contributed by atoms with Crippen molar-refractivity contribution in [1.82, 2.24) is 0 Å². The Balaban J connectivity index is 1.64. The highest BCUT2D eigenvalue weighted by molar-refractivity contribution is 5.85. The van der Waals surface area contributed by atoms with Gasteiger partial charge in [-0.1, -0.05) is 31.9 Å². The second-order valence-corrected chi connectivity index (χ2v) is 9.21. The fraction of sp³-hybridized carbons (Fsp3) is 0.538. The molecular formula is C26H31F3. The third kappa shape index (κ3) is 3.98. The van der Waals surface area contributed by atoms with Gasteiger partial charge in [0.25, 0.3) is 0 Å². The maximum Gasteiger partial charge on any atom is 0.140 e. The minimum atomic E-state index is -0.682. The molecule has 156 valence electrons. The van der Waals surface area contributed by atoms with Crippen molar-refractivity contribution in [2.75, 3.05) is 0 Å². The lowest BCUT2D eigenvalue weighted by Crippen LogP contribution is -2.30. The molecule has 0 bridgehead atoms. The Bertz CT molecular complexity index is 901. The molecule has 0 aliphatic heterocycles. The van der Waals surface area contributed by atoms with Crippen LogP contribution in [0.4, 0.5) is 13.2 Å². The summed E-state index contributed by atoms with van der Waals surface area (Å²) in [5.41, 5.74) is 0.862. The Hall–Kier alpha value is -1.77. The van der Waals surface area contributed by atoms with Gasteiger partial charge in [0.1, 0.15) is 17.5 Å². The van der Waals surface area contributed by atoms with Crippen LogP contribution in [0.5, 0.6) is 0 Å². The van der Waals surface area contributed by atoms with E-state index in [0.717, 1.165) is 37.2 Å². The van der Waals surface area contributed by atoms with E-state index in [2.05, 4.69) is 13.5 Å². The molecule has 0 spiro atoms. The van der Waals surface area contributed by atoms with E-state index in [1.807, 2.05) is 0 Å². The van der Waals surface area contributed by atoms with Gasteiger partial charge in [0, 0.05) is 5.56 Å². The van der Waals surface area contributed by atoms with Crippen LogP contribution in [0.1, 0.15) is 75.3 Å². The van der Waals surface area contributed by atoms with Crippen molar-refractivity contribution in [3.8, 4) is 0 Å². The maximum absolute atomic E-state index is 15.4. The Labute approximate surface area is 172 Å². The van der Waals surface area contributed by atoms with Crippen LogP contribution in [-0.2, 0) is 6.42 Å². The van der Waals surface area contributed by atoms with Gasteiger partial charge in [0.15, 0.2) is 0 Å². The number of halogens is 3. The lowest BCUT2D eigenvalue weighted by Gasteiger charge is -2.42. The molecule has 0 N–H and O–H groups in total. The monoisotopic (exact) mass is 400 g/mol. The normalized spacial score (nSPS) is 27.0. The molecule has 29 heavy (non-hydrogen) atoms. The number of rotatable bonds is 5. The van der Waals surface area contributed by atoms with Gasteiger partial charge in [-0.15, -0.1) is 6.58 Å². The third-order valence-corrected chi connectivity index (χ3v) is 7.52. The molecule has 0 nitrogen and oxygen atoms in total. The second kappa shape index (κ2) is 8.53. The quantitative estimate of drug-likeness (QED) is 0.445. The van der Waals surface area contributed by atoms with Gasteiger partial charge in [-0.05, 0) is 91.7 Å². The van der Waals surface area contributed by atoms with Gasteiger partial charge in [-0.2, -0.15) is 0 Å². The summed E-state index contributed by atoms with van der Waals surface area (Å²) in [6.45, 7) is 5.93.